The molecule has 0 aliphatic carbocycles. The molecule has 0 aliphatic rings. The molecule has 0 fully saturated rings. The molecule has 19 heavy (non-hydrogen) atoms. The van der Waals surface area contributed by atoms with Crippen molar-refractivity contribution in [1.29, 1.82) is 0 Å². The largest absolute Gasteiger partial charge is 0.479 e. The molecule has 0 spiro atoms. The standard InChI is InChI=1S/C15H22O4/c1-8-6-9(2)13(10(3)7-8)14(15(17)18)19-12(5)11(4)16/h6-7,11-12,14,16H,1-5H3,(H,17,18). The number of carbonyl (C=O) groups is 1. The summed E-state index contributed by atoms with van der Waals surface area (Å²) in [6.07, 6.45) is -2.31. The lowest BCUT2D eigenvalue weighted by molar-refractivity contribution is -0.158. The first kappa shape index (κ1) is 15.7. The fourth-order valence-corrected chi connectivity index (χ4v) is 2.18. The molecule has 3 atom stereocenters. The van der Waals surface area contributed by atoms with Crippen molar-refractivity contribution in [3.8, 4) is 0 Å². The van der Waals surface area contributed by atoms with E-state index in [9.17, 15) is 15.0 Å². The number of aliphatic hydroxyl groups excluding tert-OH is 1. The number of rotatable bonds is 5. The number of hydrogen-bond acceptors (Lipinski definition) is 3. The SMILES string of the molecule is Cc1cc(C)c(C(OC(C)C(C)O)C(=O)O)c(C)c1. The van der Waals surface area contributed by atoms with Gasteiger partial charge >= 0.3 is 5.97 Å². The maximum atomic E-state index is 11.4. The molecule has 0 aliphatic heterocycles. The lowest BCUT2D eigenvalue weighted by atomic mass is 9.95. The van der Waals surface area contributed by atoms with Crippen LogP contribution in [0.2, 0.25) is 0 Å². The van der Waals surface area contributed by atoms with Crippen molar-refractivity contribution in [2.24, 2.45) is 0 Å². The van der Waals surface area contributed by atoms with Crippen molar-refractivity contribution in [3.63, 3.8) is 0 Å². The lowest BCUT2D eigenvalue weighted by Crippen LogP contribution is -2.29. The Kier molecular flexibility index (Phi) is 5.09. The Hall–Kier alpha value is -1.39. The molecular weight excluding hydrogens is 244 g/mol. The van der Waals surface area contributed by atoms with E-state index in [2.05, 4.69) is 0 Å². The van der Waals surface area contributed by atoms with Crippen molar-refractivity contribution in [3.05, 3.63) is 34.4 Å². The van der Waals surface area contributed by atoms with Crippen molar-refractivity contribution in [1.82, 2.24) is 0 Å². The molecule has 4 nitrogen and oxygen atoms in total. The van der Waals surface area contributed by atoms with Crippen molar-refractivity contribution < 1.29 is 19.7 Å². The quantitative estimate of drug-likeness (QED) is 0.859. The Labute approximate surface area is 114 Å². The molecule has 0 amide bonds. The second-order valence-electron chi connectivity index (χ2n) is 5.11. The van der Waals surface area contributed by atoms with Gasteiger partial charge in [0.15, 0.2) is 6.10 Å². The van der Waals surface area contributed by atoms with Gasteiger partial charge in [-0.3, -0.25) is 0 Å². The molecule has 2 N–H and O–H groups in total. The monoisotopic (exact) mass is 266 g/mol. The third kappa shape index (κ3) is 3.78. The van der Waals surface area contributed by atoms with Crippen molar-refractivity contribution >= 4 is 5.97 Å². The first-order chi connectivity index (χ1) is 8.73. The number of aliphatic hydroxyl groups is 1. The van der Waals surface area contributed by atoms with Crippen LogP contribution in [-0.4, -0.2) is 28.4 Å². The summed E-state index contributed by atoms with van der Waals surface area (Å²) in [4.78, 5) is 11.4. The minimum atomic E-state index is -1.05. The molecule has 0 aromatic heterocycles. The second kappa shape index (κ2) is 6.17. The highest BCUT2D eigenvalue weighted by Gasteiger charge is 2.27. The van der Waals surface area contributed by atoms with Crippen LogP contribution in [-0.2, 0) is 9.53 Å². The zero-order chi connectivity index (χ0) is 14.7. The average Bonchev–Trinajstić information content (AvgIpc) is 2.25. The predicted octanol–water partition coefficient (Wildman–Crippen LogP) is 2.52. The predicted molar refractivity (Wildman–Crippen MR) is 73.3 cm³/mol. The van der Waals surface area contributed by atoms with E-state index < -0.39 is 24.3 Å². The Bertz CT molecular complexity index is 442. The molecule has 1 aromatic rings. The molecule has 0 saturated heterocycles. The van der Waals surface area contributed by atoms with Gasteiger partial charge in [-0.15, -0.1) is 0 Å². The number of carboxylic acids is 1. The highest BCUT2D eigenvalue weighted by Crippen LogP contribution is 2.28. The Morgan fingerprint density at radius 1 is 1.16 bits per heavy atom. The normalized spacial score (nSPS) is 15.9. The van der Waals surface area contributed by atoms with Gasteiger partial charge in [-0.1, -0.05) is 17.7 Å². The van der Waals surface area contributed by atoms with Gasteiger partial charge in [0.2, 0.25) is 0 Å². The first-order valence-electron chi connectivity index (χ1n) is 6.38. The first-order valence-corrected chi connectivity index (χ1v) is 6.38. The zero-order valence-electron chi connectivity index (χ0n) is 12.1. The van der Waals surface area contributed by atoms with Gasteiger partial charge in [0.05, 0.1) is 12.2 Å². The van der Waals surface area contributed by atoms with E-state index in [0.717, 1.165) is 16.7 Å². The molecule has 1 aromatic carbocycles. The summed E-state index contributed by atoms with van der Waals surface area (Å²) in [5.41, 5.74) is 3.54. The van der Waals surface area contributed by atoms with Crippen LogP contribution in [0.4, 0.5) is 0 Å². The van der Waals surface area contributed by atoms with E-state index in [-0.39, 0.29) is 0 Å². The molecule has 0 heterocycles. The highest BCUT2D eigenvalue weighted by molar-refractivity contribution is 5.75. The number of ether oxygens (including phenoxy) is 1. The average molecular weight is 266 g/mol. The second-order valence-corrected chi connectivity index (χ2v) is 5.11. The summed E-state index contributed by atoms with van der Waals surface area (Å²) in [5, 5.41) is 18.8. The Morgan fingerprint density at radius 2 is 1.63 bits per heavy atom. The van der Waals surface area contributed by atoms with Crippen LogP contribution in [0.3, 0.4) is 0 Å². The summed E-state index contributed by atoms with van der Waals surface area (Å²) in [6.45, 7) is 8.97. The minimum absolute atomic E-state index is 0.541. The van der Waals surface area contributed by atoms with E-state index in [1.807, 2.05) is 32.9 Å². The van der Waals surface area contributed by atoms with Crippen LogP contribution in [0.1, 0.15) is 42.2 Å². The summed E-state index contributed by atoms with van der Waals surface area (Å²) in [5.74, 6) is -1.04. The minimum Gasteiger partial charge on any atom is -0.479 e. The van der Waals surface area contributed by atoms with Gasteiger partial charge < -0.3 is 14.9 Å². The molecule has 1 rings (SSSR count). The third-order valence-corrected chi connectivity index (χ3v) is 3.25. The van der Waals surface area contributed by atoms with Gasteiger partial charge in [0.25, 0.3) is 0 Å². The van der Waals surface area contributed by atoms with Gasteiger partial charge in [-0.2, -0.15) is 0 Å². The topological polar surface area (TPSA) is 66.8 Å². The van der Waals surface area contributed by atoms with E-state index in [1.165, 1.54) is 0 Å². The van der Waals surface area contributed by atoms with Crippen LogP contribution in [0.15, 0.2) is 12.1 Å². The molecule has 3 unspecified atom stereocenters. The molecule has 0 bridgehead atoms. The lowest BCUT2D eigenvalue weighted by Gasteiger charge is -2.24. The van der Waals surface area contributed by atoms with E-state index in [4.69, 9.17) is 4.74 Å². The fourth-order valence-electron chi connectivity index (χ4n) is 2.18. The fraction of sp³-hybridized carbons (Fsp3) is 0.533. The van der Waals surface area contributed by atoms with E-state index >= 15 is 0 Å². The summed E-state index contributed by atoms with van der Waals surface area (Å²) in [6, 6.07) is 3.88. The Morgan fingerprint density at radius 3 is 2.00 bits per heavy atom. The van der Waals surface area contributed by atoms with Crippen LogP contribution in [0, 0.1) is 20.8 Å². The Balaban J connectivity index is 3.17. The molecule has 0 radical (unpaired) electrons. The number of aryl methyl sites for hydroxylation is 3. The smallest absolute Gasteiger partial charge is 0.337 e. The summed E-state index contributed by atoms with van der Waals surface area (Å²) < 4.78 is 5.51. The third-order valence-electron chi connectivity index (χ3n) is 3.25. The molecule has 0 saturated carbocycles. The van der Waals surface area contributed by atoms with E-state index in [0.29, 0.717) is 5.56 Å². The number of carboxylic acid groups (broad SMARTS) is 1. The molecular formula is C15H22O4. The molecule has 106 valence electrons. The summed E-state index contributed by atoms with van der Waals surface area (Å²) >= 11 is 0. The van der Waals surface area contributed by atoms with Crippen molar-refractivity contribution in [2.75, 3.05) is 0 Å². The highest BCUT2D eigenvalue weighted by atomic mass is 16.5. The van der Waals surface area contributed by atoms with Crippen LogP contribution >= 0.6 is 0 Å². The maximum absolute atomic E-state index is 11.4. The van der Waals surface area contributed by atoms with E-state index in [1.54, 1.807) is 13.8 Å². The van der Waals surface area contributed by atoms with Gasteiger partial charge in [-0.25, -0.2) is 4.79 Å². The van der Waals surface area contributed by atoms with Crippen LogP contribution in [0.25, 0.3) is 0 Å². The maximum Gasteiger partial charge on any atom is 0.337 e. The van der Waals surface area contributed by atoms with Crippen LogP contribution in [0.5, 0.6) is 0 Å². The zero-order valence-corrected chi connectivity index (χ0v) is 12.1. The van der Waals surface area contributed by atoms with Gasteiger partial charge in [0.1, 0.15) is 0 Å². The number of hydrogen-bond donors (Lipinski definition) is 2. The van der Waals surface area contributed by atoms with Crippen LogP contribution < -0.4 is 0 Å². The molecule has 4 heteroatoms. The van der Waals surface area contributed by atoms with Crippen molar-refractivity contribution in [2.45, 2.75) is 52.9 Å². The van der Waals surface area contributed by atoms with Gasteiger partial charge in [0, 0.05) is 0 Å². The summed E-state index contributed by atoms with van der Waals surface area (Å²) in [7, 11) is 0. The number of aliphatic carboxylic acids is 1. The van der Waals surface area contributed by atoms with Gasteiger partial charge in [-0.05, 0) is 51.3 Å². The number of benzene rings is 1.